The summed E-state index contributed by atoms with van der Waals surface area (Å²) in [6.07, 6.45) is 5.90. The van der Waals surface area contributed by atoms with Crippen LogP contribution >= 0.6 is 0 Å². The molecule has 0 radical (unpaired) electrons. The van der Waals surface area contributed by atoms with Crippen LogP contribution in [0.15, 0.2) is 0 Å². The molecule has 5 nitrogen and oxygen atoms in total. The van der Waals surface area contributed by atoms with E-state index in [1.807, 2.05) is 0 Å². The lowest BCUT2D eigenvalue weighted by Crippen LogP contribution is -2.53. The molecule has 3 rings (SSSR count). The maximum atomic E-state index is 12.7. The average Bonchev–Trinajstić information content (AvgIpc) is 2.79. The highest BCUT2D eigenvalue weighted by molar-refractivity contribution is 5.84. The number of carbonyl (C=O) groups excluding carboxylic acids is 2. The van der Waals surface area contributed by atoms with E-state index in [9.17, 15) is 9.59 Å². The zero-order chi connectivity index (χ0) is 14.1. The summed E-state index contributed by atoms with van der Waals surface area (Å²) in [5.41, 5.74) is 0. The van der Waals surface area contributed by atoms with Gasteiger partial charge in [0.1, 0.15) is 0 Å². The van der Waals surface area contributed by atoms with Crippen molar-refractivity contribution in [1.29, 1.82) is 0 Å². The van der Waals surface area contributed by atoms with Crippen molar-refractivity contribution in [2.24, 2.45) is 5.92 Å². The number of amides is 2. The highest BCUT2D eigenvalue weighted by Crippen LogP contribution is 2.30. The molecule has 3 atom stereocenters. The number of piperidine rings is 2. The normalized spacial score (nSPS) is 36.5. The molecule has 20 heavy (non-hydrogen) atoms. The van der Waals surface area contributed by atoms with Crippen LogP contribution < -0.4 is 10.6 Å². The van der Waals surface area contributed by atoms with Crippen molar-refractivity contribution in [3.8, 4) is 0 Å². The third-order valence-corrected chi connectivity index (χ3v) is 5.13. The number of nitrogens with zero attached hydrogens (tertiary/aromatic N) is 1. The molecule has 3 aliphatic heterocycles. The standard InChI is InChI=1S/C15H25N3O2/c1-2-18(13-7-11-4-5-12(8-13)17-11)15(20)10-3-6-14(19)16-9-10/h10-13,17H,2-9H2,1H3,(H,16,19). The topological polar surface area (TPSA) is 61.4 Å². The second-order valence-electron chi connectivity index (χ2n) is 6.43. The Bertz CT molecular complexity index is 377. The second-order valence-corrected chi connectivity index (χ2v) is 6.43. The third-order valence-electron chi connectivity index (χ3n) is 5.13. The van der Waals surface area contributed by atoms with E-state index in [1.54, 1.807) is 0 Å². The van der Waals surface area contributed by atoms with Crippen molar-refractivity contribution >= 4 is 11.8 Å². The number of nitrogens with one attached hydrogen (secondary N) is 2. The van der Waals surface area contributed by atoms with E-state index in [2.05, 4.69) is 22.5 Å². The van der Waals surface area contributed by atoms with Gasteiger partial charge in [-0.2, -0.15) is 0 Å². The Morgan fingerprint density at radius 3 is 2.50 bits per heavy atom. The van der Waals surface area contributed by atoms with Crippen LogP contribution in [0.1, 0.15) is 45.4 Å². The van der Waals surface area contributed by atoms with Gasteiger partial charge in [0.05, 0.1) is 5.92 Å². The predicted octanol–water partition coefficient (Wildman–Crippen LogP) is 0.644. The molecule has 0 aromatic heterocycles. The Kier molecular flexibility index (Phi) is 3.96. The molecule has 5 heteroatoms. The molecule has 2 amide bonds. The van der Waals surface area contributed by atoms with Gasteiger partial charge >= 0.3 is 0 Å². The predicted molar refractivity (Wildman–Crippen MR) is 76.1 cm³/mol. The summed E-state index contributed by atoms with van der Waals surface area (Å²) in [6.45, 7) is 3.38. The first-order valence-corrected chi connectivity index (χ1v) is 8.00. The smallest absolute Gasteiger partial charge is 0.227 e. The van der Waals surface area contributed by atoms with Crippen molar-refractivity contribution < 1.29 is 9.59 Å². The molecule has 112 valence electrons. The van der Waals surface area contributed by atoms with Crippen LogP contribution in [0.4, 0.5) is 0 Å². The Labute approximate surface area is 120 Å². The zero-order valence-corrected chi connectivity index (χ0v) is 12.2. The minimum atomic E-state index is -0.0137. The fraction of sp³-hybridized carbons (Fsp3) is 0.867. The van der Waals surface area contributed by atoms with E-state index in [-0.39, 0.29) is 17.7 Å². The monoisotopic (exact) mass is 279 g/mol. The lowest BCUT2D eigenvalue weighted by molar-refractivity contribution is -0.140. The first-order valence-electron chi connectivity index (χ1n) is 8.00. The number of rotatable bonds is 3. The number of fused-ring (bicyclic) bond motifs is 2. The van der Waals surface area contributed by atoms with Crippen LogP contribution in [0.3, 0.4) is 0 Å². The summed E-state index contributed by atoms with van der Waals surface area (Å²) >= 11 is 0. The van der Waals surface area contributed by atoms with Crippen molar-refractivity contribution in [3.63, 3.8) is 0 Å². The quantitative estimate of drug-likeness (QED) is 0.797. The first-order chi connectivity index (χ1) is 9.67. The van der Waals surface area contributed by atoms with Gasteiger partial charge in [-0.15, -0.1) is 0 Å². The molecule has 2 N–H and O–H groups in total. The Morgan fingerprint density at radius 1 is 1.25 bits per heavy atom. The summed E-state index contributed by atoms with van der Waals surface area (Å²) < 4.78 is 0. The Morgan fingerprint density at radius 2 is 1.95 bits per heavy atom. The molecule has 2 bridgehead atoms. The minimum Gasteiger partial charge on any atom is -0.355 e. The van der Waals surface area contributed by atoms with Crippen molar-refractivity contribution in [1.82, 2.24) is 15.5 Å². The molecule has 0 saturated carbocycles. The third kappa shape index (κ3) is 2.68. The highest BCUT2D eigenvalue weighted by atomic mass is 16.2. The number of hydrogen-bond acceptors (Lipinski definition) is 3. The van der Waals surface area contributed by atoms with E-state index >= 15 is 0 Å². The fourth-order valence-corrected chi connectivity index (χ4v) is 4.05. The first kappa shape index (κ1) is 13.9. The van der Waals surface area contributed by atoms with E-state index in [4.69, 9.17) is 0 Å². The van der Waals surface area contributed by atoms with Gasteiger partial charge in [-0.05, 0) is 39.0 Å². The van der Waals surface area contributed by atoms with Gasteiger partial charge in [-0.1, -0.05) is 0 Å². The lowest BCUT2D eigenvalue weighted by atomic mass is 9.93. The minimum absolute atomic E-state index is 0.0137. The van der Waals surface area contributed by atoms with E-state index < -0.39 is 0 Å². The van der Waals surface area contributed by atoms with Crippen LogP contribution in [-0.2, 0) is 9.59 Å². The van der Waals surface area contributed by atoms with E-state index in [0.717, 1.165) is 19.4 Å². The van der Waals surface area contributed by atoms with Crippen LogP contribution in [-0.4, -0.2) is 47.9 Å². The molecular formula is C15H25N3O2. The molecule has 0 spiro atoms. The Balaban J connectivity index is 1.63. The van der Waals surface area contributed by atoms with Gasteiger partial charge in [-0.3, -0.25) is 9.59 Å². The molecule has 0 aliphatic carbocycles. The van der Waals surface area contributed by atoms with Gasteiger partial charge in [0.2, 0.25) is 11.8 Å². The summed E-state index contributed by atoms with van der Waals surface area (Å²) in [5.74, 6) is 0.316. The van der Waals surface area contributed by atoms with Crippen LogP contribution in [0.25, 0.3) is 0 Å². The summed E-state index contributed by atoms with van der Waals surface area (Å²) in [4.78, 5) is 26.0. The Hall–Kier alpha value is -1.10. The zero-order valence-electron chi connectivity index (χ0n) is 12.2. The van der Waals surface area contributed by atoms with Crippen molar-refractivity contribution in [2.45, 2.75) is 63.6 Å². The van der Waals surface area contributed by atoms with Crippen LogP contribution in [0.5, 0.6) is 0 Å². The largest absolute Gasteiger partial charge is 0.355 e. The van der Waals surface area contributed by atoms with Gasteiger partial charge in [0.25, 0.3) is 0 Å². The fourth-order valence-electron chi connectivity index (χ4n) is 4.05. The summed E-state index contributed by atoms with van der Waals surface area (Å²) in [7, 11) is 0. The molecule has 3 saturated heterocycles. The van der Waals surface area contributed by atoms with Gasteiger partial charge in [0.15, 0.2) is 0 Å². The van der Waals surface area contributed by atoms with Crippen LogP contribution in [0.2, 0.25) is 0 Å². The van der Waals surface area contributed by atoms with Crippen molar-refractivity contribution in [3.05, 3.63) is 0 Å². The second kappa shape index (κ2) is 5.72. The van der Waals surface area contributed by atoms with Gasteiger partial charge in [0, 0.05) is 37.6 Å². The van der Waals surface area contributed by atoms with E-state index in [1.165, 1.54) is 12.8 Å². The molecule has 3 unspecified atom stereocenters. The molecule has 3 heterocycles. The molecule has 0 aromatic rings. The summed E-state index contributed by atoms with van der Waals surface area (Å²) in [5, 5.41) is 6.45. The molecule has 3 fully saturated rings. The van der Waals surface area contributed by atoms with E-state index in [0.29, 0.717) is 37.5 Å². The maximum absolute atomic E-state index is 12.7. The molecule has 0 aromatic carbocycles. The number of carbonyl (C=O) groups is 2. The van der Waals surface area contributed by atoms with Crippen LogP contribution in [0, 0.1) is 5.92 Å². The van der Waals surface area contributed by atoms with Gasteiger partial charge < -0.3 is 15.5 Å². The van der Waals surface area contributed by atoms with Crippen molar-refractivity contribution in [2.75, 3.05) is 13.1 Å². The summed E-state index contributed by atoms with van der Waals surface area (Å²) in [6, 6.07) is 1.60. The maximum Gasteiger partial charge on any atom is 0.227 e. The SMILES string of the molecule is CCN(C(=O)C1CCC(=O)NC1)C1CC2CCC(C1)N2. The average molecular weight is 279 g/mol. The molecular weight excluding hydrogens is 254 g/mol. The number of hydrogen-bond donors (Lipinski definition) is 2. The van der Waals surface area contributed by atoms with Gasteiger partial charge in [-0.25, -0.2) is 0 Å². The lowest BCUT2D eigenvalue weighted by Gasteiger charge is -2.39. The highest BCUT2D eigenvalue weighted by Gasteiger charge is 2.38. The molecule has 3 aliphatic rings.